The standard InChI is InChI=1S/C17H17F6NO/c1-10(2)25-15-9-13(17(21,22)23)12-8-11(5-6-14(12)24-15)4-3-7-16(18,19)20/h5-6,8-10H,3-4,7H2,1-2H3. The van der Waals surface area contributed by atoms with Crippen LogP contribution in [0.2, 0.25) is 0 Å². The quantitative estimate of drug-likeness (QED) is 0.613. The summed E-state index contributed by atoms with van der Waals surface area (Å²) in [7, 11) is 0. The number of alkyl halides is 6. The molecule has 2 aromatic rings. The lowest BCUT2D eigenvalue weighted by Crippen LogP contribution is -2.11. The molecule has 2 rings (SSSR count). The molecule has 2 nitrogen and oxygen atoms in total. The summed E-state index contributed by atoms with van der Waals surface area (Å²) in [5.74, 6) is -0.139. The fraction of sp³-hybridized carbons (Fsp3) is 0.471. The maximum atomic E-state index is 13.3. The van der Waals surface area contributed by atoms with Crippen LogP contribution in [0.3, 0.4) is 0 Å². The molecule has 0 aliphatic heterocycles. The van der Waals surface area contributed by atoms with Gasteiger partial charge in [-0.3, -0.25) is 0 Å². The van der Waals surface area contributed by atoms with E-state index in [1.54, 1.807) is 13.8 Å². The van der Waals surface area contributed by atoms with Crippen LogP contribution in [0.15, 0.2) is 24.3 Å². The van der Waals surface area contributed by atoms with E-state index in [9.17, 15) is 26.3 Å². The first-order valence-corrected chi connectivity index (χ1v) is 7.70. The van der Waals surface area contributed by atoms with E-state index in [-0.39, 0.29) is 35.7 Å². The molecule has 0 spiro atoms. The van der Waals surface area contributed by atoms with Gasteiger partial charge < -0.3 is 4.74 Å². The topological polar surface area (TPSA) is 22.1 Å². The minimum absolute atomic E-state index is 0.0387. The maximum absolute atomic E-state index is 13.3. The van der Waals surface area contributed by atoms with E-state index in [1.165, 1.54) is 18.2 Å². The highest BCUT2D eigenvalue weighted by atomic mass is 19.4. The predicted molar refractivity (Wildman–Crippen MR) is 81.5 cm³/mol. The van der Waals surface area contributed by atoms with Gasteiger partial charge in [-0.15, -0.1) is 0 Å². The van der Waals surface area contributed by atoms with Gasteiger partial charge in [-0.1, -0.05) is 6.07 Å². The number of nitrogens with zero attached hydrogens (tertiary/aromatic N) is 1. The van der Waals surface area contributed by atoms with Crippen molar-refractivity contribution in [3.8, 4) is 5.88 Å². The molecule has 0 N–H and O–H groups in total. The normalized spacial score (nSPS) is 12.8. The summed E-state index contributed by atoms with van der Waals surface area (Å²) in [4.78, 5) is 4.05. The van der Waals surface area contributed by atoms with Crippen LogP contribution >= 0.6 is 0 Å². The number of pyridine rings is 1. The first-order chi connectivity index (χ1) is 11.5. The fourth-order valence-electron chi connectivity index (χ4n) is 2.43. The van der Waals surface area contributed by atoms with E-state index in [0.29, 0.717) is 5.56 Å². The van der Waals surface area contributed by atoms with Crippen molar-refractivity contribution in [1.29, 1.82) is 0 Å². The summed E-state index contributed by atoms with van der Waals surface area (Å²) in [6.45, 7) is 3.34. The van der Waals surface area contributed by atoms with Crippen molar-refractivity contribution in [1.82, 2.24) is 4.98 Å². The van der Waals surface area contributed by atoms with Crippen molar-refractivity contribution in [2.45, 2.75) is 51.6 Å². The SMILES string of the molecule is CC(C)Oc1cc(C(F)(F)F)c2cc(CCCC(F)(F)F)ccc2n1. The molecular weight excluding hydrogens is 348 g/mol. The van der Waals surface area contributed by atoms with Gasteiger partial charge in [0.05, 0.1) is 17.2 Å². The Morgan fingerprint density at radius 2 is 1.72 bits per heavy atom. The van der Waals surface area contributed by atoms with Crippen molar-refractivity contribution < 1.29 is 31.1 Å². The van der Waals surface area contributed by atoms with Gasteiger partial charge in [-0.2, -0.15) is 26.3 Å². The molecule has 0 radical (unpaired) electrons. The van der Waals surface area contributed by atoms with Crippen molar-refractivity contribution in [2.75, 3.05) is 0 Å². The molecule has 0 saturated carbocycles. The Morgan fingerprint density at radius 1 is 1.04 bits per heavy atom. The van der Waals surface area contributed by atoms with Gasteiger partial charge in [0.25, 0.3) is 0 Å². The molecule has 1 aromatic carbocycles. The molecule has 0 amide bonds. The molecule has 138 valence electrons. The smallest absolute Gasteiger partial charge is 0.417 e. The van der Waals surface area contributed by atoms with Crippen LogP contribution in [0.4, 0.5) is 26.3 Å². The Kier molecular flexibility index (Phi) is 5.49. The summed E-state index contributed by atoms with van der Waals surface area (Å²) in [5, 5.41) is -0.145. The molecule has 0 unspecified atom stereocenters. The van der Waals surface area contributed by atoms with Crippen molar-refractivity contribution in [3.63, 3.8) is 0 Å². The Labute approximate surface area is 140 Å². The largest absolute Gasteiger partial charge is 0.475 e. The number of benzene rings is 1. The number of fused-ring (bicyclic) bond motifs is 1. The van der Waals surface area contributed by atoms with Gasteiger partial charge in [-0.25, -0.2) is 4.98 Å². The van der Waals surface area contributed by atoms with Gasteiger partial charge in [-0.05, 0) is 44.4 Å². The fourth-order valence-corrected chi connectivity index (χ4v) is 2.43. The highest BCUT2D eigenvalue weighted by Gasteiger charge is 2.34. The van der Waals surface area contributed by atoms with E-state index < -0.39 is 24.3 Å². The van der Waals surface area contributed by atoms with Crippen LogP contribution in [0.5, 0.6) is 5.88 Å². The molecule has 1 aromatic heterocycles. The summed E-state index contributed by atoms with van der Waals surface area (Å²) < 4.78 is 81.9. The third-order valence-electron chi connectivity index (χ3n) is 3.44. The number of hydrogen-bond acceptors (Lipinski definition) is 2. The first kappa shape index (κ1) is 19.3. The number of aryl methyl sites for hydroxylation is 1. The Balaban J connectivity index is 2.39. The Hall–Kier alpha value is -1.99. The Bertz CT molecular complexity index is 736. The number of halogens is 6. The molecule has 0 fully saturated rings. The Morgan fingerprint density at radius 3 is 2.28 bits per heavy atom. The molecular formula is C17H17F6NO. The van der Waals surface area contributed by atoms with E-state index in [0.717, 1.165) is 6.07 Å². The van der Waals surface area contributed by atoms with E-state index in [2.05, 4.69) is 4.98 Å². The molecule has 0 aliphatic rings. The molecule has 25 heavy (non-hydrogen) atoms. The summed E-state index contributed by atoms with van der Waals surface area (Å²) in [5.41, 5.74) is -0.419. The van der Waals surface area contributed by atoms with E-state index >= 15 is 0 Å². The number of ether oxygens (including phenoxy) is 1. The average molecular weight is 365 g/mol. The average Bonchev–Trinajstić information content (AvgIpc) is 2.43. The van der Waals surface area contributed by atoms with Crippen molar-refractivity contribution in [2.24, 2.45) is 0 Å². The van der Waals surface area contributed by atoms with Crippen molar-refractivity contribution >= 4 is 10.9 Å². The van der Waals surface area contributed by atoms with Crippen LogP contribution in [0.25, 0.3) is 10.9 Å². The summed E-state index contributed by atoms with van der Waals surface area (Å²) >= 11 is 0. The molecule has 0 saturated heterocycles. The third kappa shape index (κ3) is 5.51. The number of aromatic nitrogens is 1. The van der Waals surface area contributed by atoms with Gasteiger partial charge in [0.1, 0.15) is 0 Å². The van der Waals surface area contributed by atoms with Crippen LogP contribution in [-0.2, 0) is 12.6 Å². The second-order valence-electron chi connectivity index (χ2n) is 5.99. The number of rotatable bonds is 5. The lowest BCUT2D eigenvalue weighted by atomic mass is 10.0. The predicted octanol–water partition coefficient (Wildman–Crippen LogP) is 5.93. The highest BCUT2D eigenvalue weighted by molar-refractivity contribution is 5.84. The number of hydrogen-bond donors (Lipinski definition) is 0. The van der Waals surface area contributed by atoms with Crippen LogP contribution in [0.1, 0.15) is 37.8 Å². The first-order valence-electron chi connectivity index (χ1n) is 7.70. The molecule has 1 heterocycles. The highest BCUT2D eigenvalue weighted by Crippen LogP contribution is 2.37. The van der Waals surface area contributed by atoms with Crippen LogP contribution < -0.4 is 4.74 Å². The van der Waals surface area contributed by atoms with Crippen LogP contribution in [0, 0.1) is 0 Å². The molecule has 0 bridgehead atoms. The monoisotopic (exact) mass is 365 g/mol. The van der Waals surface area contributed by atoms with Gasteiger partial charge >= 0.3 is 12.4 Å². The molecule has 0 aliphatic carbocycles. The van der Waals surface area contributed by atoms with Crippen LogP contribution in [-0.4, -0.2) is 17.3 Å². The zero-order chi connectivity index (χ0) is 18.8. The summed E-state index contributed by atoms with van der Waals surface area (Å²) in [6, 6.07) is 4.94. The van der Waals surface area contributed by atoms with Gasteiger partial charge in [0, 0.05) is 17.9 Å². The summed E-state index contributed by atoms with van der Waals surface area (Å²) in [6.07, 6.45) is -10.4. The molecule has 0 atom stereocenters. The van der Waals surface area contributed by atoms with E-state index in [4.69, 9.17) is 4.74 Å². The molecule has 8 heteroatoms. The zero-order valence-corrected chi connectivity index (χ0v) is 13.6. The van der Waals surface area contributed by atoms with Crippen molar-refractivity contribution in [3.05, 3.63) is 35.4 Å². The van der Waals surface area contributed by atoms with Gasteiger partial charge in [0.15, 0.2) is 0 Å². The lowest BCUT2D eigenvalue weighted by Gasteiger charge is -2.15. The zero-order valence-electron chi connectivity index (χ0n) is 13.6. The van der Waals surface area contributed by atoms with E-state index in [1.807, 2.05) is 0 Å². The lowest BCUT2D eigenvalue weighted by molar-refractivity contribution is -0.136. The second kappa shape index (κ2) is 7.09. The third-order valence-corrected chi connectivity index (χ3v) is 3.44. The second-order valence-corrected chi connectivity index (χ2v) is 5.99. The maximum Gasteiger partial charge on any atom is 0.417 e. The van der Waals surface area contributed by atoms with Gasteiger partial charge in [0.2, 0.25) is 5.88 Å². The minimum atomic E-state index is -4.62. The minimum Gasteiger partial charge on any atom is -0.475 e.